The predicted molar refractivity (Wildman–Crippen MR) is 73.8 cm³/mol. The minimum absolute atomic E-state index is 0.0496. The number of nitrogens with one attached hydrogen (secondary N) is 1. The van der Waals surface area contributed by atoms with E-state index in [0.717, 1.165) is 16.6 Å². The summed E-state index contributed by atoms with van der Waals surface area (Å²) in [5.41, 5.74) is 1.55. The van der Waals surface area contributed by atoms with Gasteiger partial charge < -0.3 is 10.1 Å². The minimum atomic E-state index is -0.357. The number of methoxy groups -OCH3 is 1. The highest BCUT2D eigenvalue weighted by Crippen LogP contribution is 2.21. The molecule has 19 heavy (non-hydrogen) atoms. The molecule has 0 bridgehead atoms. The van der Waals surface area contributed by atoms with Gasteiger partial charge >= 0.3 is 5.97 Å². The van der Waals surface area contributed by atoms with E-state index in [-0.39, 0.29) is 11.9 Å². The molecule has 6 heteroatoms. The number of piperazine rings is 1. The smallest absolute Gasteiger partial charge is 0.337 e. The van der Waals surface area contributed by atoms with Gasteiger partial charge in [0.25, 0.3) is 0 Å². The van der Waals surface area contributed by atoms with Crippen molar-refractivity contribution in [2.75, 3.05) is 26.7 Å². The molecule has 1 aliphatic rings. The first-order valence-electron chi connectivity index (χ1n) is 5.96. The van der Waals surface area contributed by atoms with Crippen molar-refractivity contribution in [3.8, 4) is 0 Å². The number of hydrogen-bond acceptors (Lipinski definition) is 4. The SMILES string of the molecule is COC(=O)c1ccc(CN2CCNC(=O)C2)c(Br)c1. The molecular weight excluding hydrogens is 312 g/mol. The van der Waals surface area contributed by atoms with Gasteiger partial charge in [-0.25, -0.2) is 4.79 Å². The van der Waals surface area contributed by atoms with Crippen LogP contribution in [-0.4, -0.2) is 43.5 Å². The lowest BCUT2D eigenvalue weighted by Crippen LogP contribution is -2.47. The second-order valence-corrected chi connectivity index (χ2v) is 5.21. The molecule has 5 nitrogen and oxygen atoms in total. The Morgan fingerprint density at radius 2 is 2.32 bits per heavy atom. The van der Waals surface area contributed by atoms with Crippen LogP contribution in [0.15, 0.2) is 22.7 Å². The fourth-order valence-electron chi connectivity index (χ4n) is 1.99. The third kappa shape index (κ3) is 3.54. The zero-order valence-corrected chi connectivity index (χ0v) is 12.2. The Balaban J connectivity index is 2.08. The van der Waals surface area contributed by atoms with Gasteiger partial charge in [-0.05, 0) is 17.7 Å². The maximum atomic E-state index is 11.4. The summed E-state index contributed by atoms with van der Waals surface area (Å²) in [6, 6.07) is 5.35. The zero-order chi connectivity index (χ0) is 13.8. The fraction of sp³-hybridized carbons (Fsp3) is 0.385. The summed E-state index contributed by atoms with van der Waals surface area (Å²) in [5, 5.41) is 2.79. The number of carbonyl (C=O) groups excluding carboxylic acids is 2. The summed E-state index contributed by atoms with van der Waals surface area (Å²) < 4.78 is 5.52. The topological polar surface area (TPSA) is 58.6 Å². The molecule has 0 aliphatic carbocycles. The van der Waals surface area contributed by atoms with E-state index in [0.29, 0.717) is 25.2 Å². The zero-order valence-electron chi connectivity index (χ0n) is 10.6. The number of rotatable bonds is 3. The Hall–Kier alpha value is -1.40. The molecule has 0 radical (unpaired) electrons. The van der Waals surface area contributed by atoms with Gasteiger partial charge in [-0.2, -0.15) is 0 Å². The van der Waals surface area contributed by atoms with E-state index in [1.165, 1.54) is 7.11 Å². The Kier molecular flexibility index (Phi) is 4.55. The third-order valence-electron chi connectivity index (χ3n) is 2.99. The lowest BCUT2D eigenvalue weighted by molar-refractivity contribution is -0.124. The molecule has 0 saturated carbocycles. The second-order valence-electron chi connectivity index (χ2n) is 4.36. The van der Waals surface area contributed by atoms with Crippen LogP contribution in [0.4, 0.5) is 0 Å². The second kappa shape index (κ2) is 6.16. The van der Waals surface area contributed by atoms with E-state index in [1.54, 1.807) is 12.1 Å². The van der Waals surface area contributed by atoms with Gasteiger partial charge in [0, 0.05) is 24.1 Å². The molecule has 0 unspecified atom stereocenters. The van der Waals surface area contributed by atoms with Crippen LogP contribution in [0.25, 0.3) is 0 Å². The van der Waals surface area contributed by atoms with Crippen molar-refractivity contribution in [2.24, 2.45) is 0 Å². The van der Waals surface area contributed by atoms with Gasteiger partial charge in [-0.3, -0.25) is 9.69 Å². The minimum Gasteiger partial charge on any atom is -0.465 e. The molecule has 0 spiro atoms. The van der Waals surface area contributed by atoms with Crippen LogP contribution in [0, 0.1) is 0 Å². The van der Waals surface area contributed by atoms with Crippen LogP contribution in [0.3, 0.4) is 0 Å². The van der Waals surface area contributed by atoms with Crippen molar-refractivity contribution in [3.05, 3.63) is 33.8 Å². The normalized spacial score (nSPS) is 16.0. The van der Waals surface area contributed by atoms with E-state index in [1.807, 2.05) is 6.07 Å². The van der Waals surface area contributed by atoms with E-state index in [9.17, 15) is 9.59 Å². The number of hydrogen-bond donors (Lipinski definition) is 1. The maximum absolute atomic E-state index is 11.4. The number of halogens is 1. The molecule has 2 rings (SSSR count). The van der Waals surface area contributed by atoms with Crippen LogP contribution >= 0.6 is 15.9 Å². The molecule has 0 aromatic heterocycles. The summed E-state index contributed by atoms with van der Waals surface area (Å²) in [4.78, 5) is 24.8. The maximum Gasteiger partial charge on any atom is 0.337 e. The van der Waals surface area contributed by atoms with E-state index in [4.69, 9.17) is 0 Å². The van der Waals surface area contributed by atoms with Gasteiger partial charge in [0.2, 0.25) is 5.91 Å². The highest BCUT2D eigenvalue weighted by molar-refractivity contribution is 9.10. The molecule has 1 saturated heterocycles. The van der Waals surface area contributed by atoms with Crippen molar-refractivity contribution < 1.29 is 14.3 Å². The number of nitrogens with zero attached hydrogens (tertiary/aromatic N) is 1. The van der Waals surface area contributed by atoms with Gasteiger partial charge in [-0.1, -0.05) is 22.0 Å². The largest absolute Gasteiger partial charge is 0.465 e. The van der Waals surface area contributed by atoms with Crippen molar-refractivity contribution in [2.45, 2.75) is 6.54 Å². The monoisotopic (exact) mass is 326 g/mol. The van der Waals surface area contributed by atoms with Crippen LogP contribution in [-0.2, 0) is 16.1 Å². The Labute approximate surface area is 120 Å². The van der Waals surface area contributed by atoms with Crippen molar-refractivity contribution in [3.63, 3.8) is 0 Å². The standard InChI is InChI=1S/C13H15BrN2O3/c1-19-13(18)9-2-3-10(11(14)6-9)7-16-5-4-15-12(17)8-16/h2-3,6H,4-5,7-8H2,1H3,(H,15,17). The van der Waals surface area contributed by atoms with E-state index in [2.05, 4.69) is 30.9 Å². The molecule has 1 aliphatic heterocycles. The van der Waals surface area contributed by atoms with Gasteiger partial charge in [0.15, 0.2) is 0 Å². The van der Waals surface area contributed by atoms with Gasteiger partial charge in [-0.15, -0.1) is 0 Å². The van der Waals surface area contributed by atoms with E-state index < -0.39 is 0 Å². The average molecular weight is 327 g/mol. The quantitative estimate of drug-likeness (QED) is 0.847. The molecule has 1 N–H and O–H groups in total. The highest BCUT2D eigenvalue weighted by Gasteiger charge is 2.17. The molecule has 0 atom stereocenters. The predicted octanol–water partition coefficient (Wildman–Crippen LogP) is 1.17. The van der Waals surface area contributed by atoms with Crippen LogP contribution in [0.1, 0.15) is 15.9 Å². The lowest BCUT2D eigenvalue weighted by Gasteiger charge is -2.26. The van der Waals surface area contributed by atoms with Crippen molar-refractivity contribution >= 4 is 27.8 Å². The van der Waals surface area contributed by atoms with Gasteiger partial charge in [0.05, 0.1) is 19.2 Å². The van der Waals surface area contributed by atoms with Crippen molar-refractivity contribution in [1.82, 2.24) is 10.2 Å². The summed E-state index contributed by atoms with van der Waals surface area (Å²) >= 11 is 3.45. The van der Waals surface area contributed by atoms with Crippen LogP contribution in [0.5, 0.6) is 0 Å². The molecule has 1 amide bonds. The molecule has 1 fully saturated rings. The molecular formula is C13H15BrN2O3. The van der Waals surface area contributed by atoms with Gasteiger partial charge in [0.1, 0.15) is 0 Å². The highest BCUT2D eigenvalue weighted by atomic mass is 79.9. The summed E-state index contributed by atoms with van der Waals surface area (Å²) in [5.74, 6) is -0.307. The van der Waals surface area contributed by atoms with Crippen LogP contribution in [0.2, 0.25) is 0 Å². The molecule has 102 valence electrons. The Morgan fingerprint density at radius 3 is 2.95 bits per heavy atom. The first kappa shape index (κ1) is 14.0. The molecule has 1 heterocycles. The van der Waals surface area contributed by atoms with Crippen LogP contribution < -0.4 is 5.32 Å². The summed E-state index contributed by atoms with van der Waals surface area (Å²) in [7, 11) is 1.36. The number of amides is 1. The number of benzene rings is 1. The Morgan fingerprint density at radius 1 is 1.53 bits per heavy atom. The number of carbonyl (C=O) groups is 2. The van der Waals surface area contributed by atoms with E-state index >= 15 is 0 Å². The summed E-state index contributed by atoms with van der Waals surface area (Å²) in [6.45, 7) is 2.59. The fourth-order valence-corrected chi connectivity index (χ4v) is 2.49. The molecule has 1 aromatic rings. The first-order chi connectivity index (χ1) is 9.10. The van der Waals surface area contributed by atoms with Crippen molar-refractivity contribution in [1.29, 1.82) is 0 Å². The lowest BCUT2D eigenvalue weighted by atomic mass is 10.1. The number of esters is 1. The molecule has 1 aromatic carbocycles. The summed E-state index contributed by atoms with van der Waals surface area (Å²) in [6.07, 6.45) is 0. The Bertz CT molecular complexity index is 505. The average Bonchev–Trinajstić information content (AvgIpc) is 2.40. The number of ether oxygens (including phenoxy) is 1. The first-order valence-corrected chi connectivity index (χ1v) is 6.75. The third-order valence-corrected chi connectivity index (χ3v) is 3.72.